The van der Waals surface area contributed by atoms with Gasteiger partial charge in [0.1, 0.15) is 11.9 Å². The van der Waals surface area contributed by atoms with Gasteiger partial charge < -0.3 is 19.6 Å². The van der Waals surface area contributed by atoms with Crippen LogP contribution < -0.4 is 5.32 Å². The van der Waals surface area contributed by atoms with Crippen molar-refractivity contribution in [3.63, 3.8) is 0 Å². The molecule has 1 amide bonds. The number of ketones is 1. The summed E-state index contributed by atoms with van der Waals surface area (Å²) in [6, 6.07) is 20.1. The zero-order chi connectivity index (χ0) is 31.7. The largest absolute Gasteiger partial charge is 0.508 e. The van der Waals surface area contributed by atoms with E-state index in [-0.39, 0.29) is 29.2 Å². The quantitative estimate of drug-likeness (QED) is 0.165. The number of phenolic OH excluding ortho intramolecular Hbond substituents is 1. The van der Waals surface area contributed by atoms with Crippen LogP contribution in [0.5, 0.6) is 5.75 Å². The number of hydrogen-bond donors (Lipinski definition) is 3. The predicted octanol–water partition coefficient (Wildman–Crippen LogP) is 7.15. The van der Waals surface area contributed by atoms with Crippen molar-refractivity contribution in [2.45, 2.75) is 64.4 Å². The molecule has 45 heavy (non-hydrogen) atoms. The summed E-state index contributed by atoms with van der Waals surface area (Å²) >= 11 is 0. The van der Waals surface area contributed by atoms with Gasteiger partial charge in [0, 0.05) is 23.5 Å². The fraction of sp³-hybridized carbons (Fsp3) is 0.389. The summed E-state index contributed by atoms with van der Waals surface area (Å²) in [6.45, 7) is 3.88. The summed E-state index contributed by atoms with van der Waals surface area (Å²) in [4.78, 5) is 42.1. The van der Waals surface area contributed by atoms with E-state index in [1.54, 1.807) is 30.3 Å². The highest BCUT2D eigenvalue weighted by molar-refractivity contribution is 6.10. The number of benzene rings is 3. The molecule has 0 spiro atoms. The maximum absolute atomic E-state index is 12.4. The van der Waals surface area contributed by atoms with Gasteiger partial charge in [-0.25, -0.2) is 9.78 Å². The number of aromatic nitrogens is 2. The Morgan fingerprint density at radius 1 is 0.978 bits per heavy atom. The molecule has 1 aromatic heterocycles. The van der Waals surface area contributed by atoms with Crippen molar-refractivity contribution in [1.82, 2.24) is 9.97 Å². The predicted molar refractivity (Wildman–Crippen MR) is 170 cm³/mol. The molecule has 9 heteroatoms. The Labute approximate surface area is 262 Å². The highest BCUT2D eigenvalue weighted by Gasteiger charge is 2.56. The lowest BCUT2D eigenvalue weighted by molar-refractivity contribution is -0.154. The number of methoxy groups -OCH3 is 1. The molecule has 5 unspecified atom stereocenters. The lowest BCUT2D eigenvalue weighted by Gasteiger charge is -2.50. The number of carbonyl (C=O) groups excluding carboxylic acids is 3. The van der Waals surface area contributed by atoms with Gasteiger partial charge in [0.2, 0.25) is 5.95 Å². The number of aryl methyl sites for hydroxylation is 1. The van der Waals surface area contributed by atoms with E-state index >= 15 is 0 Å². The summed E-state index contributed by atoms with van der Waals surface area (Å²) < 4.78 is 10.2. The maximum atomic E-state index is 12.4. The SMILES string of the molecule is CC(=O)OC1CCC2C3CCc4cc(O)ccc4C3CCC12C.COC(=O)Nc1nc2ccc(C(=O)c3ccccc3)cc2[nH]1. The number of aromatic hydroxyl groups is 1. The fourth-order valence-electron chi connectivity index (χ4n) is 8.03. The molecule has 9 nitrogen and oxygen atoms in total. The van der Waals surface area contributed by atoms with Gasteiger partial charge in [0.05, 0.1) is 18.1 Å². The third-order valence-corrected chi connectivity index (χ3v) is 10.1. The Morgan fingerprint density at radius 3 is 2.53 bits per heavy atom. The number of H-pyrrole nitrogens is 1. The van der Waals surface area contributed by atoms with Gasteiger partial charge in [-0.2, -0.15) is 0 Å². The molecule has 3 aromatic carbocycles. The number of nitrogens with zero attached hydrogens (tertiary/aromatic N) is 1. The van der Waals surface area contributed by atoms with Gasteiger partial charge >= 0.3 is 12.1 Å². The van der Waals surface area contributed by atoms with E-state index in [1.165, 1.54) is 44.4 Å². The molecule has 2 fully saturated rings. The van der Waals surface area contributed by atoms with E-state index in [0.717, 1.165) is 19.3 Å². The Kier molecular flexibility index (Phi) is 8.36. The van der Waals surface area contributed by atoms with Crippen molar-refractivity contribution in [1.29, 1.82) is 0 Å². The number of imidazole rings is 1. The zero-order valence-electron chi connectivity index (χ0n) is 25.8. The first-order chi connectivity index (χ1) is 21.7. The lowest BCUT2D eigenvalue weighted by atomic mass is 9.55. The molecule has 0 bridgehead atoms. The number of nitrogens with one attached hydrogen (secondary N) is 2. The number of fused-ring (bicyclic) bond motifs is 6. The van der Waals surface area contributed by atoms with Gasteiger partial charge in [-0.3, -0.25) is 14.9 Å². The van der Waals surface area contributed by atoms with E-state index < -0.39 is 6.09 Å². The third-order valence-electron chi connectivity index (χ3n) is 10.1. The van der Waals surface area contributed by atoms with Crippen LogP contribution >= 0.6 is 0 Å². The molecule has 3 N–H and O–H groups in total. The second-order valence-electron chi connectivity index (χ2n) is 12.6. The van der Waals surface area contributed by atoms with Crippen molar-refractivity contribution in [2.75, 3.05) is 12.4 Å². The standard InChI is InChI=1S/C20H26O3.C16H13N3O3/c1-12(21)23-19-8-7-18-17-5-3-13-11-14(22)4-6-15(13)16(17)9-10-20(18,19)2;1-22-16(21)19-15-17-12-8-7-11(9-13(12)18-15)14(20)10-5-3-2-4-6-10/h4,6,11,16-19,22H,3,5,7-10H2,1-2H3;2-9H,1H3,(H2,17,18,19,21). The molecular weight excluding hydrogens is 570 g/mol. The molecule has 1 heterocycles. The smallest absolute Gasteiger partial charge is 0.413 e. The van der Waals surface area contributed by atoms with Crippen LogP contribution in [0.15, 0.2) is 66.7 Å². The monoisotopic (exact) mass is 609 g/mol. The van der Waals surface area contributed by atoms with Crippen LogP contribution in [0, 0.1) is 17.3 Å². The van der Waals surface area contributed by atoms with Gasteiger partial charge in [0.25, 0.3) is 0 Å². The van der Waals surface area contributed by atoms with E-state index in [9.17, 15) is 19.5 Å². The Bertz CT molecular complexity index is 1730. The average molecular weight is 610 g/mol. The minimum absolute atomic E-state index is 0.0698. The summed E-state index contributed by atoms with van der Waals surface area (Å²) in [5, 5.41) is 12.2. The fourth-order valence-corrected chi connectivity index (χ4v) is 8.03. The van der Waals surface area contributed by atoms with Crippen LogP contribution in [0.1, 0.15) is 78.9 Å². The third kappa shape index (κ3) is 6.03. The van der Waals surface area contributed by atoms with Crippen LogP contribution in [0.2, 0.25) is 0 Å². The molecule has 0 aliphatic heterocycles. The second kappa shape index (κ2) is 12.4. The van der Waals surface area contributed by atoms with Gasteiger partial charge in [-0.05, 0) is 97.7 Å². The van der Waals surface area contributed by atoms with Gasteiger partial charge in [-0.1, -0.05) is 43.3 Å². The Hall–Kier alpha value is -4.66. The summed E-state index contributed by atoms with van der Waals surface area (Å²) in [7, 11) is 1.27. The average Bonchev–Trinajstić information content (AvgIpc) is 3.60. The topological polar surface area (TPSA) is 131 Å². The first kappa shape index (κ1) is 30.4. The van der Waals surface area contributed by atoms with E-state index in [1.807, 2.05) is 30.3 Å². The van der Waals surface area contributed by atoms with Crippen molar-refractivity contribution in [2.24, 2.45) is 17.3 Å². The van der Waals surface area contributed by atoms with Crippen LogP contribution in [-0.4, -0.2) is 46.1 Å². The number of rotatable bonds is 4. The van der Waals surface area contributed by atoms with Crippen molar-refractivity contribution >= 4 is 34.8 Å². The minimum atomic E-state index is -0.611. The van der Waals surface area contributed by atoms with Crippen molar-refractivity contribution in [3.8, 4) is 5.75 Å². The molecule has 4 aromatic rings. The van der Waals surface area contributed by atoms with Crippen molar-refractivity contribution < 1.29 is 29.0 Å². The molecular formula is C36H39N3O6. The number of carbonyl (C=O) groups is 3. The number of amides is 1. The number of anilines is 1. The molecule has 7 rings (SSSR count). The van der Waals surface area contributed by atoms with Crippen LogP contribution in [-0.2, 0) is 20.7 Å². The second-order valence-corrected chi connectivity index (χ2v) is 12.6. The van der Waals surface area contributed by atoms with E-state index in [0.29, 0.717) is 45.7 Å². The van der Waals surface area contributed by atoms with E-state index in [4.69, 9.17) is 4.74 Å². The van der Waals surface area contributed by atoms with Gasteiger partial charge in [0.15, 0.2) is 5.78 Å². The summed E-state index contributed by atoms with van der Waals surface area (Å²) in [5.41, 5.74) is 5.42. The first-order valence-corrected chi connectivity index (χ1v) is 15.6. The molecule has 0 radical (unpaired) electrons. The van der Waals surface area contributed by atoms with Crippen molar-refractivity contribution in [3.05, 3.63) is 89.0 Å². The molecule has 2 saturated carbocycles. The highest BCUT2D eigenvalue weighted by Crippen LogP contribution is 2.61. The molecule has 234 valence electrons. The lowest BCUT2D eigenvalue weighted by Crippen LogP contribution is -2.45. The molecule has 0 saturated heterocycles. The molecule has 5 atom stereocenters. The zero-order valence-corrected chi connectivity index (χ0v) is 25.8. The van der Waals surface area contributed by atoms with Crippen LogP contribution in [0.4, 0.5) is 10.7 Å². The van der Waals surface area contributed by atoms with Crippen LogP contribution in [0.25, 0.3) is 11.0 Å². The highest BCUT2D eigenvalue weighted by atomic mass is 16.5. The number of hydrogen-bond acceptors (Lipinski definition) is 7. The first-order valence-electron chi connectivity index (χ1n) is 15.6. The normalized spacial score (nSPS) is 24.7. The Morgan fingerprint density at radius 2 is 1.78 bits per heavy atom. The summed E-state index contributed by atoms with van der Waals surface area (Å²) in [5.74, 6) is 2.43. The summed E-state index contributed by atoms with van der Waals surface area (Å²) in [6.07, 6.45) is 6.27. The number of ether oxygens (including phenoxy) is 2. The van der Waals surface area contributed by atoms with Gasteiger partial charge in [-0.15, -0.1) is 0 Å². The number of aromatic amines is 1. The van der Waals surface area contributed by atoms with Crippen LogP contribution in [0.3, 0.4) is 0 Å². The minimum Gasteiger partial charge on any atom is -0.508 e. The van der Waals surface area contributed by atoms with E-state index in [2.05, 4.69) is 33.0 Å². The molecule has 3 aliphatic rings. The number of phenols is 1. The number of esters is 1. The maximum Gasteiger partial charge on any atom is 0.413 e. The Balaban J connectivity index is 0.000000159. The molecule has 3 aliphatic carbocycles.